The summed E-state index contributed by atoms with van der Waals surface area (Å²) in [6.45, 7) is 4.87. The van der Waals surface area contributed by atoms with Crippen LogP contribution in [0, 0.1) is 10.1 Å². The highest BCUT2D eigenvalue weighted by Gasteiger charge is 2.20. The van der Waals surface area contributed by atoms with Crippen molar-refractivity contribution < 1.29 is 24.3 Å². The topological polar surface area (TPSA) is 98.9 Å². The van der Waals surface area contributed by atoms with Gasteiger partial charge in [-0.15, -0.1) is 0 Å². The number of nitro groups is 1. The highest BCUT2D eigenvalue weighted by atomic mass is 16.6. The van der Waals surface area contributed by atoms with Gasteiger partial charge in [-0.1, -0.05) is 0 Å². The number of nitro benzene ring substituents is 1. The van der Waals surface area contributed by atoms with Gasteiger partial charge in [0.25, 0.3) is 5.69 Å². The molecule has 1 unspecified atom stereocenters. The lowest BCUT2D eigenvalue weighted by Crippen LogP contribution is -2.26. The lowest BCUT2D eigenvalue weighted by Gasteiger charge is -2.17. The van der Waals surface area contributed by atoms with Gasteiger partial charge in [-0.05, 0) is 26.8 Å². The first-order valence-electron chi connectivity index (χ1n) is 6.16. The Labute approximate surface area is 116 Å². The normalized spacial score (nSPS) is 13.4. The zero-order valence-corrected chi connectivity index (χ0v) is 11.5. The third-order valence-corrected chi connectivity index (χ3v) is 2.58. The summed E-state index contributed by atoms with van der Waals surface area (Å²) in [5.74, 6) is -0.325. The molecule has 0 aliphatic heterocycles. The number of non-ortho nitro benzene ring substituents is 1. The number of benzene rings is 1. The van der Waals surface area contributed by atoms with Crippen LogP contribution in [0.25, 0.3) is 0 Å². The molecule has 1 aromatic rings. The number of ether oxygens (including phenoxy) is 2. The van der Waals surface area contributed by atoms with E-state index < -0.39 is 23.1 Å². The fourth-order valence-electron chi connectivity index (χ4n) is 1.58. The van der Waals surface area contributed by atoms with Crippen LogP contribution in [0.1, 0.15) is 32.4 Å². The second kappa shape index (κ2) is 6.85. The van der Waals surface area contributed by atoms with Crippen molar-refractivity contribution in [2.24, 2.45) is 0 Å². The van der Waals surface area contributed by atoms with Crippen LogP contribution in [-0.2, 0) is 9.53 Å². The molecule has 20 heavy (non-hydrogen) atoms. The van der Waals surface area contributed by atoms with Crippen molar-refractivity contribution in [3.63, 3.8) is 0 Å². The molecular weight excluding hydrogens is 266 g/mol. The Morgan fingerprint density at radius 1 is 1.45 bits per heavy atom. The van der Waals surface area contributed by atoms with Crippen molar-refractivity contribution in [3.05, 3.63) is 33.9 Å². The van der Waals surface area contributed by atoms with Gasteiger partial charge >= 0.3 is 5.97 Å². The van der Waals surface area contributed by atoms with E-state index in [0.717, 1.165) is 0 Å². The molecular formula is C13H17NO6. The van der Waals surface area contributed by atoms with Crippen LogP contribution in [0.2, 0.25) is 0 Å². The molecule has 1 N–H and O–H groups in total. The number of aliphatic hydroxyl groups excluding tert-OH is 1. The van der Waals surface area contributed by atoms with Crippen LogP contribution in [0.3, 0.4) is 0 Å². The van der Waals surface area contributed by atoms with E-state index in [1.165, 1.54) is 32.0 Å². The maximum absolute atomic E-state index is 11.5. The predicted octanol–water partition coefficient (Wildman–Crippen LogP) is 1.98. The quantitative estimate of drug-likeness (QED) is 0.487. The SMILES string of the molecule is CCOC(=O)C(C)Oc1ccc([N+](=O)[O-])cc1[C@@H](C)O. The Hall–Kier alpha value is -2.15. The van der Waals surface area contributed by atoms with Crippen LogP contribution in [0.15, 0.2) is 18.2 Å². The van der Waals surface area contributed by atoms with E-state index >= 15 is 0 Å². The molecule has 0 amide bonds. The van der Waals surface area contributed by atoms with Gasteiger partial charge < -0.3 is 14.6 Å². The number of carbonyl (C=O) groups is 1. The molecule has 0 saturated heterocycles. The van der Waals surface area contributed by atoms with E-state index in [2.05, 4.69) is 0 Å². The molecule has 7 nitrogen and oxygen atoms in total. The van der Waals surface area contributed by atoms with Crippen molar-refractivity contribution in [3.8, 4) is 5.75 Å². The van der Waals surface area contributed by atoms with Crippen molar-refractivity contribution in [1.29, 1.82) is 0 Å². The van der Waals surface area contributed by atoms with Gasteiger partial charge in [-0.2, -0.15) is 0 Å². The van der Waals surface area contributed by atoms with Gasteiger partial charge in [-0.3, -0.25) is 10.1 Å². The summed E-state index contributed by atoms with van der Waals surface area (Å²) in [7, 11) is 0. The lowest BCUT2D eigenvalue weighted by atomic mass is 10.1. The molecule has 0 radical (unpaired) electrons. The summed E-state index contributed by atoms with van der Waals surface area (Å²) in [6, 6.07) is 3.83. The molecule has 0 aromatic heterocycles. The smallest absolute Gasteiger partial charge is 0.347 e. The molecule has 0 aliphatic rings. The Morgan fingerprint density at radius 2 is 2.10 bits per heavy atom. The first-order valence-corrected chi connectivity index (χ1v) is 6.16. The number of hydrogen-bond acceptors (Lipinski definition) is 6. The number of carbonyl (C=O) groups excluding carboxylic acids is 1. The molecule has 0 saturated carbocycles. The first-order chi connectivity index (χ1) is 9.36. The number of aliphatic hydroxyl groups is 1. The standard InChI is InChI=1S/C13H17NO6/c1-4-19-13(16)9(3)20-12-6-5-10(14(17)18)7-11(12)8(2)15/h5-9,15H,4H2,1-3H3/t8-,9?/m1/s1. The summed E-state index contributed by atoms with van der Waals surface area (Å²) in [6.07, 6.45) is -1.83. The predicted molar refractivity (Wildman–Crippen MR) is 70.5 cm³/mol. The third kappa shape index (κ3) is 3.92. The zero-order valence-electron chi connectivity index (χ0n) is 11.5. The number of rotatable bonds is 6. The third-order valence-electron chi connectivity index (χ3n) is 2.58. The monoisotopic (exact) mass is 283 g/mol. The van der Waals surface area contributed by atoms with E-state index in [1.807, 2.05) is 0 Å². The molecule has 0 aliphatic carbocycles. The van der Waals surface area contributed by atoms with Gasteiger partial charge in [0.15, 0.2) is 6.10 Å². The largest absolute Gasteiger partial charge is 0.479 e. The molecule has 2 atom stereocenters. The fraction of sp³-hybridized carbons (Fsp3) is 0.462. The van der Waals surface area contributed by atoms with Crippen LogP contribution in [0.4, 0.5) is 5.69 Å². The molecule has 1 rings (SSSR count). The average Bonchev–Trinajstić information content (AvgIpc) is 2.38. The molecule has 0 heterocycles. The van der Waals surface area contributed by atoms with E-state index in [0.29, 0.717) is 0 Å². The van der Waals surface area contributed by atoms with Gasteiger partial charge in [0, 0.05) is 17.7 Å². The summed E-state index contributed by atoms with van der Waals surface area (Å²) in [4.78, 5) is 21.6. The molecule has 1 aromatic carbocycles. The minimum absolute atomic E-state index is 0.156. The van der Waals surface area contributed by atoms with Crippen LogP contribution in [-0.4, -0.2) is 28.7 Å². The number of esters is 1. The van der Waals surface area contributed by atoms with Crippen molar-refractivity contribution in [2.45, 2.75) is 33.0 Å². The Bertz CT molecular complexity index is 500. The Balaban J connectivity index is 3.00. The van der Waals surface area contributed by atoms with Gasteiger partial charge in [0.1, 0.15) is 5.75 Å². The second-order valence-corrected chi connectivity index (χ2v) is 4.17. The molecule has 7 heteroatoms. The van der Waals surface area contributed by atoms with Crippen molar-refractivity contribution in [2.75, 3.05) is 6.61 Å². The van der Waals surface area contributed by atoms with Crippen molar-refractivity contribution >= 4 is 11.7 Å². The molecule has 0 spiro atoms. The molecule has 110 valence electrons. The van der Waals surface area contributed by atoms with Gasteiger partial charge in [0.2, 0.25) is 0 Å². The van der Waals surface area contributed by atoms with Crippen molar-refractivity contribution in [1.82, 2.24) is 0 Å². The van der Waals surface area contributed by atoms with E-state index in [4.69, 9.17) is 9.47 Å². The maximum Gasteiger partial charge on any atom is 0.347 e. The molecule has 0 fully saturated rings. The lowest BCUT2D eigenvalue weighted by molar-refractivity contribution is -0.385. The van der Waals surface area contributed by atoms with E-state index in [1.54, 1.807) is 6.92 Å². The van der Waals surface area contributed by atoms with E-state index in [-0.39, 0.29) is 23.6 Å². The van der Waals surface area contributed by atoms with Crippen LogP contribution in [0.5, 0.6) is 5.75 Å². The summed E-state index contributed by atoms with van der Waals surface area (Å²) in [5.41, 5.74) is 0.0902. The average molecular weight is 283 g/mol. The summed E-state index contributed by atoms with van der Waals surface area (Å²) in [5, 5.41) is 20.4. The highest BCUT2D eigenvalue weighted by molar-refractivity contribution is 5.74. The minimum Gasteiger partial charge on any atom is -0.479 e. The van der Waals surface area contributed by atoms with Crippen LogP contribution >= 0.6 is 0 Å². The van der Waals surface area contributed by atoms with Crippen LogP contribution < -0.4 is 4.74 Å². The molecule has 0 bridgehead atoms. The van der Waals surface area contributed by atoms with E-state index in [9.17, 15) is 20.0 Å². The summed E-state index contributed by atoms with van der Waals surface area (Å²) < 4.78 is 10.2. The zero-order chi connectivity index (χ0) is 15.3. The Morgan fingerprint density at radius 3 is 2.60 bits per heavy atom. The Kier molecular flexibility index (Phi) is 5.45. The first kappa shape index (κ1) is 15.9. The van der Waals surface area contributed by atoms with Gasteiger partial charge in [0.05, 0.1) is 17.6 Å². The maximum atomic E-state index is 11.5. The van der Waals surface area contributed by atoms with Gasteiger partial charge in [-0.25, -0.2) is 4.79 Å². The highest BCUT2D eigenvalue weighted by Crippen LogP contribution is 2.30. The number of hydrogen-bond donors (Lipinski definition) is 1. The fourth-order valence-corrected chi connectivity index (χ4v) is 1.58. The second-order valence-electron chi connectivity index (χ2n) is 4.17. The summed E-state index contributed by atoms with van der Waals surface area (Å²) >= 11 is 0. The number of nitrogens with zero attached hydrogens (tertiary/aromatic N) is 1. The minimum atomic E-state index is -0.959.